The minimum absolute atomic E-state index is 0.411. The van der Waals surface area contributed by atoms with Crippen molar-refractivity contribution >= 4 is 34.8 Å². The fourth-order valence-electron chi connectivity index (χ4n) is 2.07. The monoisotopic (exact) mass is 316 g/mol. The first-order valence-corrected chi connectivity index (χ1v) is 7.20. The fraction of sp³-hybridized carbons (Fsp3) is 0.176. The van der Waals surface area contributed by atoms with Crippen LogP contribution >= 0.6 is 11.6 Å². The van der Waals surface area contributed by atoms with E-state index in [2.05, 4.69) is 10.6 Å². The van der Waals surface area contributed by atoms with Crippen LogP contribution in [0.5, 0.6) is 0 Å². The van der Waals surface area contributed by atoms with Crippen LogP contribution in [0.15, 0.2) is 36.4 Å². The molecule has 22 heavy (non-hydrogen) atoms. The summed E-state index contributed by atoms with van der Waals surface area (Å²) in [6.07, 6.45) is 0. The number of hydrogen-bond acceptors (Lipinski definition) is 2. The Labute approximate surface area is 134 Å². The molecule has 0 radical (unpaired) electrons. The Bertz CT molecular complexity index is 701. The maximum absolute atomic E-state index is 12.0. The van der Waals surface area contributed by atoms with E-state index in [1.807, 2.05) is 39.0 Å². The van der Waals surface area contributed by atoms with Crippen molar-refractivity contribution in [3.05, 3.63) is 58.1 Å². The van der Waals surface area contributed by atoms with Gasteiger partial charge in [0.25, 0.3) is 0 Å². The van der Waals surface area contributed by atoms with Crippen LogP contribution in [0.25, 0.3) is 0 Å². The van der Waals surface area contributed by atoms with Gasteiger partial charge in [0.05, 0.1) is 10.7 Å². The zero-order chi connectivity index (χ0) is 16.3. The zero-order valence-electron chi connectivity index (χ0n) is 12.7. The Hall–Kier alpha value is -2.33. The summed E-state index contributed by atoms with van der Waals surface area (Å²) in [7, 11) is 0. The molecule has 0 saturated carbocycles. The van der Waals surface area contributed by atoms with E-state index in [9.17, 15) is 9.59 Å². The maximum atomic E-state index is 12.0. The molecule has 0 heterocycles. The van der Waals surface area contributed by atoms with Gasteiger partial charge in [0.2, 0.25) is 0 Å². The molecular formula is C17H17ClN2O2. The SMILES string of the molecule is Cc1ccc(NC(=O)C(=O)Nc2c(C)cc(C)cc2Cl)cc1. The number of halogens is 1. The molecule has 4 nitrogen and oxygen atoms in total. The summed E-state index contributed by atoms with van der Waals surface area (Å²) in [5, 5.41) is 5.51. The van der Waals surface area contributed by atoms with Gasteiger partial charge in [-0.05, 0) is 50.1 Å². The summed E-state index contributed by atoms with van der Waals surface area (Å²) in [4.78, 5) is 23.9. The van der Waals surface area contributed by atoms with Gasteiger partial charge in [0, 0.05) is 5.69 Å². The van der Waals surface area contributed by atoms with E-state index in [1.165, 1.54) is 0 Å². The van der Waals surface area contributed by atoms with E-state index < -0.39 is 11.8 Å². The van der Waals surface area contributed by atoms with Crippen LogP contribution in [0.1, 0.15) is 16.7 Å². The lowest BCUT2D eigenvalue weighted by Crippen LogP contribution is -2.29. The molecule has 0 unspecified atom stereocenters. The molecule has 2 N–H and O–H groups in total. The van der Waals surface area contributed by atoms with Crippen molar-refractivity contribution in [2.24, 2.45) is 0 Å². The van der Waals surface area contributed by atoms with Crippen LogP contribution in [-0.4, -0.2) is 11.8 Å². The van der Waals surface area contributed by atoms with Crippen LogP contribution < -0.4 is 10.6 Å². The molecule has 0 aliphatic carbocycles. The second-order valence-electron chi connectivity index (χ2n) is 5.21. The van der Waals surface area contributed by atoms with Crippen LogP contribution in [0.2, 0.25) is 5.02 Å². The Morgan fingerprint density at radius 3 is 2.05 bits per heavy atom. The highest BCUT2D eigenvalue weighted by atomic mass is 35.5. The Balaban J connectivity index is 2.09. The first-order valence-electron chi connectivity index (χ1n) is 6.82. The van der Waals surface area contributed by atoms with Gasteiger partial charge < -0.3 is 10.6 Å². The summed E-state index contributed by atoms with van der Waals surface area (Å²) < 4.78 is 0. The molecule has 0 aliphatic heterocycles. The summed E-state index contributed by atoms with van der Waals surface area (Å²) >= 11 is 6.11. The molecule has 0 bridgehead atoms. The van der Waals surface area contributed by atoms with Crippen molar-refractivity contribution in [2.75, 3.05) is 10.6 Å². The van der Waals surface area contributed by atoms with Gasteiger partial charge in [-0.15, -0.1) is 0 Å². The lowest BCUT2D eigenvalue weighted by molar-refractivity contribution is -0.133. The van der Waals surface area contributed by atoms with Crippen molar-refractivity contribution < 1.29 is 9.59 Å². The van der Waals surface area contributed by atoms with Crippen LogP contribution in [-0.2, 0) is 9.59 Å². The highest BCUT2D eigenvalue weighted by molar-refractivity contribution is 6.45. The minimum Gasteiger partial charge on any atom is -0.318 e. The number of hydrogen-bond donors (Lipinski definition) is 2. The number of rotatable bonds is 2. The van der Waals surface area contributed by atoms with Crippen LogP contribution in [0.3, 0.4) is 0 Å². The van der Waals surface area contributed by atoms with Gasteiger partial charge in [-0.3, -0.25) is 9.59 Å². The lowest BCUT2D eigenvalue weighted by Gasteiger charge is -2.11. The van der Waals surface area contributed by atoms with E-state index in [4.69, 9.17) is 11.6 Å². The summed E-state index contributed by atoms with van der Waals surface area (Å²) in [6.45, 7) is 5.68. The van der Waals surface area contributed by atoms with Crippen LogP contribution in [0, 0.1) is 20.8 Å². The molecule has 0 saturated heterocycles. The third-order valence-corrected chi connectivity index (χ3v) is 3.48. The largest absolute Gasteiger partial charge is 0.318 e. The van der Waals surface area contributed by atoms with Gasteiger partial charge in [-0.25, -0.2) is 0 Å². The van der Waals surface area contributed by atoms with Gasteiger partial charge >= 0.3 is 11.8 Å². The number of carbonyl (C=O) groups is 2. The van der Waals surface area contributed by atoms with E-state index >= 15 is 0 Å². The molecule has 2 aromatic rings. The molecule has 0 fully saturated rings. The average molecular weight is 317 g/mol. The molecule has 2 aromatic carbocycles. The Kier molecular flexibility index (Phi) is 4.83. The van der Waals surface area contributed by atoms with Crippen molar-refractivity contribution in [1.29, 1.82) is 0 Å². The highest BCUT2D eigenvalue weighted by Gasteiger charge is 2.16. The number of nitrogens with one attached hydrogen (secondary N) is 2. The maximum Gasteiger partial charge on any atom is 0.314 e. The van der Waals surface area contributed by atoms with Crippen molar-refractivity contribution in [1.82, 2.24) is 0 Å². The Morgan fingerprint density at radius 1 is 0.864 bits per heavy atom. The van der Waals surface area contributed by atoms with Crippen molar-refractivity contribution in [3.8, 4) is 0 Å². The number of aryl methyl sites for hydroxylation is 3. The van der Waals surface area contributed by atoms with E-state index in [0.29, 0.717) is 16.4 Å². The quantitative estimate of drug-likeness (QED) is 0.827. The van der Waals surface area contributed by atoms with Gasteiger partial charge in [0.15, 0.2) is 0 Å². The third kappa shape index (κ3) is 3.86. The molecule has 2 rings (SSSR count). The normalized spacial score (nSPS) is 10.2. The zero-order valence-corrected chi connectivity index (χ0v) is 13.4. The predicted octanol–water partition coefficient (Wildman–Crippen LogP) is 3.84. The van der Waals surface area contributed by atoms with E-state index in [0.717, 1.165) is 16.7 Å². The van der Waals surface area contributed by atoms with Crippen molar-refractivity contribution in [2.45, 2.75) is 20.8 Å². The first kappa shape index (κ1) is 16.0. The molecule has 2 amide bonds. The minimum atomic E-state index is -0.755. The smallest absolute Gasteiger partial charge is 0.314 e. The lowest BCUT2D eigenvalue weighted by atomic mass is 10.1. The molecule has 114 valence electrons. The topological polar surface area (TPSA) is 58.2 Å². The molecule has 0 aromatic heterocycles. The van der Waals surface area contributed by atoms with E-state index in [1.54, 1.807) is 18.2 Å². The number of anilines is 2. The summed E-state index contributed by atoms with van der Waals surface area (Å²) in [5.74, 6) is -1.49. The second kappa shape index (κ2) is 6.62. The molecule has 0 spiro atoms. The molecule has 0 aliphatic rings. The standard InChI is InChI=1S/C17H17ClN2O2/c1-10-4-6-13(7-5-10)19-16(21)17(22)20-15-12(3)8-11(2)9-14(15)18/h4-9H,1-3H3,(H,19,21)(H,20,22). The summed E-state index contributed by atoms with van der Waals surface area (Å²) in [6, 6.07) is 10.8. The van der Waals surface area contributed by atoms with E-state index in [-0.39, 0.29) is 0 Å². The average Bonchev–Trinajstić information content (AvgIpc) is 2.45. The molecular weight excluding hydrogens is 300 g/mol. The highest BCUT2D eigenvalue weighted by Crippen LogP contribution is 2.27. The van der Waals surface area contributed by atoms with Gasteiger partial charge in [-0.1, -0.05) is 35.4 Å². The molecule has 5 heteroatoms. The van der Waals surface area contributed by atoms with Gasteiger partial charge in [0.1, 0.15) is 0 Å². The third-order valence-electron chi connectivity index (χ3n) is 3.19. The predicted molar refractivity (Wildman–Crippen MR) is 89.4 cm³/mol. The Morgan fingerprint density at radius 2 is 1.45 bits per heavy atom. The van der Waals surface area contributed by atoms with Gasteiger partial charge in [-0.2, -0.15) is 0 Å². The first-order chi connectivity index (χ1) is 10.4. The fourth-order valence-corrected chi connectivity index (χ4v) is 2.44. The number of benzene rings is 2. The number of amides is 2. The van der Waals surface area contributed by atoms with Crippen LogP contribution in [0.4, 0.5) is 11.4 Å². The molecule has 0 atom stereocenters. The second-order valence-corrected chi connectivity index (χ2v) is 5.62. The number of carbonyl (C=O) groups excluding carboxylic acids is 2. The summed E-state index contributed by atoms with van der Waals surface area (Å²) in [5.41, 5.74) is 3.89. The van der Waals surface area contributed by atoms with Crippen molar-refractivity contribution in [3.63, 3.8) is 0 Å².